The zero-order valence-electron chi connectivity index (χ0n) is 14.1. The minimum Gasteiger partial charge on any atom is -0.287 e. The number of nitrogens with zero attached hydrogens (tertiary/aromatic N) is 2. The first-order valence-corrected chi connectivity index (χ1v) is 8.59. The average Bonchev–Trinajstić information content (AvgIpc) is 2.96. The van der Waals surface area contributed by atoms with Crippen molar-refractivity contribution in [3.63, 3.8) is 0 Å². The maximum absolute atomic E-state index is 6.52. The molecule has 0 aliphatic heterocycles. The number of imidazole rings is 1. The summed E-state index contributed by atoms with van der Waals surface area (Å²) in [7, 11) is 0. The van der Waals surface area contributed by atoms with E-state index in [9.17, 15) is 0 Å². The van der Waals surface area contributed by atoms with Crippen molar-refractivity contribution in [1.82, 2.24) is 9.55 Å². The number of fused-ring (bicyclic) bond motifs is 1. The van der Waals surface area contributed by atoms with Crippen molar-refractivity contribution in [2.24, 2.45) is 23.2 Å². The molecule has 118 valence electrons. The minimum absolute atomic E-state index is 0.112. The van der Waals surface area contributed by atoms with E-state index >= 15 is 0 Å². The molecule has 0 bridgehead atoms. The Kier molecular flexibility index (Phi) is 3.84. The third kappa shape index (κ3) is 2.11. The van der Waals surface area contributed by atoms with Crippen LogP contribution >= 0.6 is 11.6 Å². The molecule has 1 unspecified atom stereocenters. The van der Waals surface area contributed by atoms with Crippen molar-refractivity contribution in [1.29, 1.82) is 0 Å². The lowest BCUT2D eigenvalue weighted by atomic mass is 9.66. The molecule has 0 spiro atoms. The molecule has 3 rings (SSSR count). The zero-order chi connectivity index (χ0) is 16.1. The quantitative estimate of drug-likeness (QED) is 0.692. The Labute approximate surface area is 138 Å². The highest BCUT2D eigenvalue weighted by Gasteiger charge is 2.46. The lowest BCUT2D eigenvalue weighted by Gasteiger charge is -2.41. The zero-order valence-corrected chi connectivity index (χ0v) is 14.9. The van der Waals surface area contributed by atoms with Crippen LogP contribution in [0.25, 0.3) is 16.7 Å². The molecule has 0 N–H and O–H groups in total. The second-order valence-corrected chi connectivity index (χ2v) is 7.66. The smallest absolute Gasteiger partial charge is 0.208 e. The van der Waals surface area contributed by atoms with Crippen LogP contribution in [0.5, 0.6) is 0 Å². The fraction of sp³-hybridized carbons (Fsp3) is 0.526. The van der Waals surface area contributed by atoms with Gasteiger partial charge in [-0.05, 0) is 47.9 Å². The maximum atomic E-state index is 6.52. The molecule has 0 radical (unpaired) electrons. The van der Waals surface area contributed by atoms with Gasteiger partial charge in [0.25, 0.3) is 0 Å². The summed E-state index contributed by atoms with van der Waals surface area (Å²) in [5.74, 6) is 1.83. The van der Waals surface area contributed by atoms with E-state index in [0.29, 0.717) is 23.0 Å². The molecule has 2 atom stereocenters. The lowest BCUT2D eigenvalue weighted by Crippen LogP contribution is -2.35. The normalized spacial score (nSPS) is 25.5. The maximum Gasteiger partial charge on any atom is 0.208 e. The summed E-state index contributed by atoms with van der Waals surface area (Å²) in [5.41, 5.74) is 3.50. The van der Waals surface area contributed by atoms with Crippen molar-refractivity contribution >= 4 is 28.3 Å². The molecular weight excluding hydrogens is 292 g/mol. The van der Waals surface area contributed by atoms with Crippen molar-refractivity contribution in [2.75, 3.05) is 0 Å². The second-order valence-electron chi connectivity index (χ2n) is 7.32. The molecule has 0 amide bonds. The first-order chi connectivity index (χ1) is 10.4. The van der Waals surface area contributed by atoms with E-state index in [1.165, 1.54) is 5.70 Å². The Bertz CT molecular complexity index is 726. The Morgan fingerprint density at radius 2 is 1.91 bits per heavy atom. The molecule has 1 heterocycles. The number of aromatic nitrogens is 2. The lowest BCUT2D eigenvalue weighted by molar-refractivity contribution is 0.153. The highest BCUT2D eigenvalue weighted by molar-refractivity contribution is 6.29. The van der Waals surface area contributed by atoms with Crippen molar-refractivity contribution in [3.05, 3.63) is 35.6 Å². The Morgan fingerprint density at radius 1 is 1.23 bits per heavy atom. The van der Waals surface area contributed by atoms with Gasteiger partial charge >= 0.3 is 0 Å². The van der Waals surface area contributed by atoms with Gasteiger partial charge in [-0.1, -0.05) is 52.8 Å². The number of hydrogen-bond donors (Lipinski definition) is 0. The van der Waals surface area contributed by atoms with Crippen LogP contribution in [0.4, 0.5) is 0 Å². The van der Waals surface area contributed by atoms with Crippen LogP contribution in [-0.2, 0) is 0 Å². The number of benzene rings is 1. The van der Waals surface area contributed by atoms with Crippen molar-refractivity contribution < 1.29 is 0 Å². The summed E-state index contributed by atoms with van der Waals surface area (Å²) in [5, 5.41) is 0.573. The van der Waals surface area contributed by atoms with Gasteiger partial charge in [0.1, 0.15) is 0 Å². The van der Waals surface area contributed by atoms with E-state index in [1.54, 1.807) is 0 Å². The first kappa shape index (κ1) is 15.6. The van der Waals surface area contributed by atoms with Gasteiger partial charge in [-0.25, -0.2) is 4.98 Å². The van der Waals surface area contributed by atoms with Crippen LogP contribution in [0.1, 0.15) is 41.0 Å². The summed E-state index contributed by atoms with van der Waals surface area (Å²) in [4.78, 5) is 4.54. The Balaban J connectivity index is 2.20. The monoisotopic (exact) mass is 316 g/mol. The van der Waals surface area contributed by atoms with E-state index in [0.717, 1.165) is 17.5 Å². The number of para-hydroxylation sites is 2. The molecule has 22 heavy (non-hydrogen) atoms. The van der Waals surface area contributed by atoms with Crippen LogP contribution in [0.15, 0.2) is 30.3 Å². The Morgan fingerprint density at radius 3 is 2.55 bits per heavy atom. The first-order valence-electron chi connectivity index (χ1n) is 8.21. The summed E-state index contributed by atoms with van der Waals surface area (Å²) < 4.78 is 2.17. The molecule has 1 aromatic carbocycles. The van der Waals surface area contributed by atoms with Crippen molar-refractivity contribution in [3.8, 4) is 0 Å². The molecule has 2 nitrogen and oxygen atoms in total. The van der Waals surface area contributed by atoms with Crippen LogP contribution in [0.2, 0.25) is 5.28 Å². The van der Waals surface area contributed by atoms with Gasteiger partial charge in [0, 0.05) is 11.1 Å². The van der Waals surface area contributed by atoms with E-state index in [-0.39, 0.29) is 5.41 Å². The molecular formula is C19H25ClN2. The summed E-state index contributed by atoms with van der Waals surface area (Å²) >= 11 is 6.52. The highest BCUT2D eigenvalue weighted by Crippen LogP contribution is 2.54. The van der Waals surface area contributed by atoms with E-state index in [1.807, 2.05) is 12.1 Å². The summed E-state index contributed by atoms with van der Waals surface area (Å²) in [6.45, 7) is 11.7. The second kappa shape index (κ2) is 5.42. The largest absolute Gasteiger partial charge is 0.287 e. The fourth-order valence-electron chi connectivity index (χ4n) is 4.14. The number of allylic oxidation sites excluding steroid dienone is 2. The fourth-order valence-corrected chi connectivity index (χ4v) is 4.41. The molecule has 1 aromatic heterocycles. The predicted molar refractivity (Wildman–Crippen MR) is 94.9 cm³/mol. The topological polar surface area (TPSA) is 17.8 Å². The molecule has 0 saturated heterocycles. The third-order valence-electron chi connectivity index (χ3n) is 5.65. The van der Waals surface area contributed by atoms with Crippen LogP contribution in [-0.4, -0.2) is 9.55 Å². The van der Waals surface area contributed by atoms with E-state index < -0.39 is 0 Å². The minimum atomic E-state index is 0.112. The summed E-state index contributed by atoms with van der Waals surface area (Å²) in [6, 6.07) is 8.20. The van der Waals surface area contributed by atoms with Gasteiger partial charge in [-0.15, -0.1) is 0 Å². The molecule has 0 fully saturated rings. The van der Waals surface area contributed by atoms with Crippen molar-refractivity contribution in [2.45, 2.75) is 41.0 Å². The molecule has 1 aliphatic carbocycles. The van der Waals surface area contributed by atoms with Gasteiger partial charge in [0.2, 0.25) is 5.28 Å². The van der Waals surface area contributed by atoms with Gasteiger partial charge in [-0.3, -0.25) is 4.57 Å². The Hall–Kier alpha value is -1.28. The SMILES string of the molecule is CC(C)C1CC=C(n2c(Cl)nc3ccccc32)[C@@]1(C)C(C)C. The molecule has 1 aliphatic rings. The number of hydrogen-bond acceptors (Lipinski definition) is 1. The predicted octanol–water partition coefficient (Wildman–Crippen LogP) is 5.87. The molecule has 0 saturated carbocycles. The van der Waals surface area contributed by atoms with Gasteiger partial charge < -0.3 is 0 Å². The van der Waals surface area contributed by atoms with Gasteiger partial charge in [0.05, 0.1) is 11.0 Å². The summed E-state index contributed by atoms with van der Waals surface area (Å²) in [6.07, 6.45) is 3.50. The van der Waals surface area contributed by atoms with E-state index in [4.69, 9.17) is 11.6 Å². The van der Waals surface area contributed by atoms with Crippen LogP contribution in [0, 0.1) is 23.2 Å². The number of rotatable bonds is 3. The molecule has 2 aromatic rings. The average molecular weight is 317 g/mol. The molecule has 3 heteroatoms. The van der Waals surface area contributed by atoms with Crippen LogP contribution < -0.4 is 0 Å². The standard InChI is InChI=1S/C19H25ClN2/c1-12(2)14-10-11-17(19(14,5)13(3)4)22-16-9-7-6-8-15(16)21-18(22)20/h6-9,11-14H,10H2,1-5H3/t14?,19-/m0/s1. The third-order valence-corrected chi connectivity index (χ3v) is 5.91. The van der Waals surface area contributed by atoms with E-state index in [2.05, 4.69) is 62.4 Å². The van der Waals surface area contributed by atoms with Gasteiger partial charge in [0.15, 0.2) is 0 Å². The van der Waals surface area contributed by atoms with Crippen LogP contribution in [0.3, 0.4) is 0 Å². The highest BCUT2D eigenvalue weighted by atomic mass is 35.5. The number of halogens is 1. The van der Waals surface area contributed by atoms with Gasteiger partial charge in [-0.2, -0.15) is 0 Å².